The lowest BCUT2D eigenvalue weighted by Gasteiger charge is -2.28. The van der Waals surface area contributed by atoms with Crippen molar-refractivity contribution in [3.8, 4) is 5.75 Å². The molecule has 0 aliphatic rings. The van der Waals surface area contributed by atoms with E-state index in [-0.39, 0.29) is 10.6 Å². The van der Waals surface area contributed by atoms with Crippen molar-refractivity contribution in [3.63, 3.8) is 0 Å². The molecule has 0 radical (unpaired) electrons. The molecule has 0 amide bonds. The second kappa shape index (κ2) is 7.11. The summed E-state index contributed by atoms with van der Waals surface area (Å²) in [5, 5.41) is 9.70. The van der Waals surface area contributed by atoms with Crippen LogP contribution in [0.25, 0.3) is 0 Å². The molecule has 0 saturated heterocycles. The molecular formula is C16H16ClNO5S. The Balaban J connectivity index is 2.56. The molecule has 0 aliphatic carbocycles. The highest BCUT2D eigenvalue weighted by atomic mass is 35.5. The van der Waals surface area contributed by atoms with Crippen molar-refractivity contribution in [3.05, 3.63) is 53.6 Å². The van der Waals surface area contributed by atoms with E-state index in [0.29, 0.717) is 10.8 Å². The molecule has 0 spiro atoms. The van der Waals surface area contributed by atoms with Crippen LogP contribution in [0.15, 0.2) is 53.4 Å². The minimum Gasteiger partial charge on any atom is -0.497 e. The Morgan fingerprint density at radius 1 is 1.12 bits per heavy atom. The normalized spacial score (nSPS) is 12.5. The standard InChI is InChI=1S/C16H16ClNO5S/c1-11(16(19)20)18(13-5-7-14(23-2)8-6-13)24(21,22)15-9-3-12(17)4-10-15/h3-11H,1-2H3,(H,19,20). The van der Waals surface area contributed by atoms with Gasteiger partial charge in [-0.2, -0.15) is 0 Å². The molecule has 24 heavy (non-hydrogen) atoms. The lowest BCUT2D eigenvalue weighted by molar-refractivity contribution is -0.137. The Morgan fingerprint density at radius 3 is 2.12 bits per heavy atom. The van der Waals surface area contributed by atoms with E-state index in [4.69, 9.17) is 16.3 Å². The van der Waals surface area contributed by atoms with Crippen molar-refractivity contribution in [2.24, 2.45) is 0 Å². The van der Waals surface area contributed by atoms with Gasteiger partial charge in [0.25, 0.3) is 10.0 Å². The van der Waals surface area contributed by atoms with E-state index in [1.165, 1.54) is 50.4 Å². The Labute approximate surface area is 145 Å². The summed E-state index contributed by atoms with van der Waals surface area (Å²) in [5.41, 5.74) is 0.223. The maximum absolute atomic E-state index is 12.9. The Morgan fingerprint density at radius 2 is 1.67 bits per heavy atom. The smallest absolute Gasteiger partial charge is 0.327 e. The first-order chi connectivity index (χ1) is 11.3. The monoisotopic (exact) mass is 369 g/mol. The van der Waals surface area contributed by atoms with Gasteiger partial charge in [-0.1, -0.05) is 11.6 Å². The fourth-order valence-corrected chi connectivity index (χ4v) is 3.86. The fraction of sp³-hybridized carbons (Fsp3) is 0.188. The molecule has 2 aromatic carbocycles. The molecule has 0 fully saturated rings. The number of carboxylic acids is 1. The fourth-order valence-electron chi connectivity index (χ4n) is 2.12. The molecule has 0 bridgehead atoms. The van der Waals surface area contributed by atoms with Gasteiger partial charge in [0.05, 0.1) is 17.7 Å². The molecule has 0 aromatic heterocycles. The molecule has 0 saturated carbocycles. The van der Waals surface area contributed by atoms with E-state index < -0.39 is 22.0 Å². The summed E-state index contributed by atoms with van der Waals surface area (Å²) in [7, 11) is -2.60. The number of hydrogen-bond acceptors (Lipinski definition) is 4. The summed E-state index contributed by atoms with van der Waals surface area (Å²) >= 11 is 5.79. The Bertz CT molecular complexity index is 819. The van der Waals surface area contributed by atoms with Crippen LogP contribution in [0, 0.1) is 0 Å². The highest BCUT2D eigenvalue weighted by Crippen LogP contribution is 2.28. The first kappa shape index (κ1) is 18.1. The van der Waals surface area contributed by atoms with Crippen LogP contribution in [-0.4, -0.2) is 32.6 Å². The van der Waals surface area contributed by atoms with Gasteiger partial charge in [-0.15, -0.1) is 0 Å². The predicted molar refractivity (Wildman–Crippen MR) is 91.2 cm³/mol. The van der Waals surface area contributed by atoms with Crippen LogP contribution in [0.2, 0.25) is 5.02 Å². The number of methoxy groups -OCH3 is 1. The van der Waals surface area contributed by atoms with Gasteiger partial charge >= 0.3 is 5.97 Å². The van der Waals surface area contributed by atoms with E-state index in [1.807, 2.05) is 0 Å². The number of hydrogen-bond donors (Lipinski definition) is 1. The van der Waals surface area contributed by atoms with Gasteiger partial charge in [0.15, 0.2) is 0 Å². The van der Waals surface area contributed by atoms with Crippen LogP contribution in [-0.2, 0) is 14.8 Å². The Kier molecular flexibility index (Phi) is 5.36. The van der Waals surface area contributed by atoms with E-state index in [9.17, 15) is 18.3 Å². The molecule has 0 heterocycles. The molecule has 2 aromatic rings. The van der Waals surface area contributed by atoms with E-state index in [1.54, 1.807) is 12.1 Å². The first-order valence-electron chi connectivity index (χ1n) is 6.94. The second-order valence-electron chi connectivity index (χ2n) is 4.97. The maximum Gasteiger partial charge on any atom is 0.327 e. The zero-order chi connectivity index (χ0) is 17.9. The topological polar surface area (TPSA) is 83.9 Å². The number of benzene rings is 2. The number of carboxylic acid groups (broad SMARTS) is 1. The minimum absolute atomic E-state index is 0.0455. The van der Waals surface area contributed by atoms with Gasteiger partial charge in [-0.25, -0.2) is 13.2 Å². The number of aliphatic carboxylic acids is 1. The number of ether oxygens (including phenoxy) is 1. The average molecular weight is 370 g/mol. The van der Waals surface area contributed by atoms with Crippen molar-refractivity contribution in [2.75, 3.05) is 11.4 Å². The lowest BCUT2D eigenvalue weighted by atomic mass is 10.2. The minimum atomic E-state index is -4.08. The number of nitrogens with zero attached hydrogens (tertiary/aromatic N) is 1. The van der Waals surface area contributed by atoms with E-state index in [0.717, 1.165) is 4.31 Å². The van der Waals surface area contributed by atoms with Crippen LogP contribution in [0.1, 0.15) is 6.92 Å². The summed E-state index contributed by atoms with van der Waals surface area (Å²) in [6.07, 6.45) is 0. The van der Waals surface area contributed by atoms with Gasteiger partial charge in [0.2, 0.25) is 0 Å². The molecule has 2 rings (SSSR count). The molecule has 8 heteroatoms. The first-order valence-corrected chi connectivity index (χ1v) is 8.76. The van der Waals surface area contributed by atoms with Gasteiger partial charge in [0, 0.05) is 5.02 Å². The summed E-state index contributed by atoms with van der Waals surface area (Å²) < 4.78 is 31.8. The lowest BCUT2D eigenvalue weighted by Crippen LogP contribution is -2.43. The van der Waals surface area contributed by atoms with Gasteiger partial charge in [-0.05, 0) is 55.5 Å². The number of halogens is 1. The Hall–Kier alpha value is -2.25. The number of rotatable bonds is 6. The third-order valence-electron chi connectivity index (χ3n) is 3.41. The molecule has 1 unspecified atom stereocenters. The van der Waals surface area contributed by atoms with E-state index >= 15 is 0 Å². The third kappa shape index (κ3) is 3.63. The SMILES string of the molecule is COc1ccc(N(C(C)C(=O)O)S(=O)(=O)c2ccc(Cl)cc2)cc1. The number of sulfonamides is 1. The van der Waals surface area contributed by atoms with Crippen LogP contribution < -0.4 is 9.04 Å². The van der Waals surface area contributed by atoms with Crippen molar-refractivity contribution >= 4 is 33.3 Å². The van der Waals surface area contributed by atoms with Crippen molar-refractivity contribution in [1.82, 2.24) is 0 Å². The summed E-state index contributed by atoms with van der Waals surface area (Å²) in [4.78, 5) is 11.4. The van der Waals surface area contributed by atoms with Crippen LogP contribution in [0.5, 0.6) is 5.75 Å². The van der Waals surface area contributed by atoms with Crippen LogP contribution >= 0.6 is 11.6 Å². The van der Waals surface area contributed by atoms with Gasteiger partial charge in [-0.3, -0.25) is 4.31 Å². The average Bonchev–Trinajstić information content (AvgIpc) is 2.55. The molecule has 128 valence electrons. The highest BCUT2D eigenvalue weighted by Gasteiger charge is 2.33. The molecule has 1 N–H and O–H groups in total. The summed E-state index contributed by atoms with van der Waals surface area (Å²) in [6, 6.07) is 10.4. The van der Waals surface area contributed by atoms with Gasteiger partial charge < -0.3 is 9.84 Å². The van der Waals surface area contributed by atoms with Crippen molar-refractivity contribution < 1.29 is 23.1 Å². The van der Waals surface area contributed by atoms with E-state index in [2.05, 4.69) is 0 Å². The molecule has 6 nitrogen and oxygen atoms in total. The molecule has 1 atom stereocenters. The summed E-state index contributed by atoms with van der Waals surface area (Å²) in [5.74, 6) is -0.728. The van der Waals surface area contributed by atoms with Gasteiger partial charge in [0.1, 0.15) is 11.8 Å². The highest BCUT2D eigenvalue weighted by molar-refractivity contribution is 7.92. The second-order valence-corrected chi connectivity index (χ2v) is 7.22. The third-order valence-corrected chi connectivity index (χ3v) is 5.57. The zero-order valence-electron chi connectivity index (χ0n) is 13.0. The molecule has 0 aliphatic heterocycles. The quantitative estimate of drug-likeness (QED) is 0.846. The molecular weight excluding hydrogens is 354 g/mol. The predicted octanol–water partition coefficient (Wildman–Crippen LogP) is 3.02. The number of carbonyl (C=O) groups is 1. The largest absolute Gasteiger partial charge is 0.497 e. The van der Waals surface area contributed by atoms with Crippen LogP contribution in [0.4, 0.5) is 5.69 Å². The van der Waals surface area contributed by atoms with Crippen molar-refractivity contribution in [2.45, 2.75) is 17.9 Å². The maximum atomic E-state index is 12.9. The summed E-state index contributed by atoms with van der Waals surface area (Å²) in [6.45, 7) is 1.31. The van der Waals surface area contributed by atoms with Crippen molar-refractivity contribution in [1.29, 1.82) is 0 Å². The number of anilines is 1. The zero-order valence-corrected chi connectivity index (χ0v) is 14.6. The van der Waals surface area contributed by atoms with Crippen LogP contribution in [0.3, 0.4) is 0 Å².